The second-order valence-electron chi connectivity index (χ2n) is 6.99. The van der Waals surface area contributed by atoms with Gasteiger partial charge in [-0.1, -0.05) is 68.5 Å². The number of aryl methyl sites for hydroxylation is 1. The van der Waals surface area contributed by atoms with Crippen molar-refractivity contribution in [2.45, 2.75) is 46.0 Å². The van der Waals surface area contributed by atoms with Crippen LogP contribution in [-0.2, 0) is 6.42 Å². The van der Waals surface area contributed by atoms with Crippen molar-refractivity contribution in [3.8, 4) is 0 Å². The molecule has 2 aliphatic carbocycles. The van der Waals surface area contributed by atoms with E-state index in [-0.39, 0.29) is 0 Å². The minimum atomic E-state index is 0.632. The molecule has 0 amide bonds. The summed E-state index contributed by atoms with van der Waals surface area (Å²) in [6.07, 6.45) is 13.1. The lowest BCUT2D eigenvalue weighted by Crippen LogP contribution is -2.38. The lowest BCUT2D eigenvalue weighted by atomic mass is 9.79. The molecule has 2 aromatic rings. The molecule has 1 atom stereocenters. The first kappa shape index (κ1) is 15.4. The Kier molecular flexibility index (Phi) is 4.14. The van der Waals surface area contributed by atoms with Crippen LogP contribution in [0.15, 0.2) is 36.4 Å². The number of fused-ring (bicyclic) bond motifs is 2. The molecular weight excluding hydrogens is 288 g/mol. The third kappa shape index (κ3) is 2.45. The quantitative estimate of drug-likeness (QED) is 0.817. The second kappa shape index (κ2) is 6.43. The predicted octanol–water partition coefficient (Wildman–Crippen LogP) is 3.01. The van der Waals surface area contributed by atoms with Crippen molar-refractivity contribution in [3.63, 3.8) is 0 Å². The van der Waals surface area contributed by atoms with Crippen LogP contribution in [-0.4, -0.2) is 0 Å². The van der Waals surface area contributed by atoms with Gasteiger partial charge in [0.05, 0.1) is 0 Å². The average molecular weight is 314 g/mol. The highest BCUT2D eigenvalue weighted by Gasteiger charge is 2.21. The molecule has 4 rings (SSSR count). The molecule has 0 heterocycles. The van der Waals surface area contributed by atoms with Crippen LogP contribution in [0, 0.1) is 5.92 Å². The predicted molar refractivity (Wildman–Crippen MR) is 104 cm³/mol. The molecule has 24 heavy (non-hydrogen) atoms. The van der Waals surface area contributed by atoms with E-state index >= 15 is 0 Å². The molecule has 0 aliphatic heterocycles. The van der Waals surface area contributed by atoms with Crippen LogP contribution in [0.3, 0.4) is 0 Å². The third-order valence-corrected chi connectivity index (χ3v) is 5.67. The van der Waals surface area contributed by atoms with E-state index in [1.807, 2.05) is 0 Å². The summed E-state index contributed by atoms with van der Waals surface area (Å²) in [5.74, 6) is 0.632. The molecule has 122 valence electrons. The van der Waals surface area contributed by atoms with Crippen LogP contribution < -0.4 is 20.9 Å². The van der Waals surface area contributed by atoms with Crippen molar-refractivity contribution in [1.82, 2.24) is 0 Å². The summed E-state index contributed by atoms with van der Waals surface area (Å²) in [6.45, 7) is 4.63. The molecule has 0 aromatic heterocycles. The zero-order valence-corrected chi connectivity index (χ0v) is 14.8. The maximum Gasteiger partial charge on any atom is -0.0108 e. The molecular formula is C24H26. The Morgan fingerprint density at radius 1 is 0.875 bits per heavy atom. The van der Waals surface area contributed by atoms with Crippen molar-refractivity contribution in [3.05, 3.63) is 68.4 Å². The highest BCUT2D eigenvalue weighted by molar-refractivity contribution is 5.74. The fraction of sp³-hybridized carbons (Fsp3) is 0.333. The zero-order chi connectivity index (χ0) is 16.5. The lowest BCUT2D eigenvalue weighted by Gasteiger charge is -2.25. The molecule has 0 heteroatoms. The normalized spacial score (nSPS) is 18.8. The van der Waals surface area contributed by atoms with Crippen molar-refractivity contribution >= 4 is 23.8 Å². The van der Waals surface area contributed by atoms with Gasteiger partial charge in [-0.25, -0.2) is 0 Å². The fourth-order valence-corrected chi connectivity index (χ4v) is 4.39. The van der Waals surface area contributed by atoms with Gasteiger partial charge in [-0.3, -0.25) is 0 Å². The molecule has 0 bridgehead atoms. The summed E-state index contributed by atoms with van der Waals surface area (Å²) in [7, 11) is 0. The Bertz CT molecular complexity index is 1000. The Balaban J connectivity index is 2.18. The minimum Gasteiger partial charge on any atom is -0.0763 e. The monoisotopic (exact) mass is 314 g/mol. The summed E-state index contributed by atoms with van der Waals surface area (Å²) in [4.78, 5) is 0. The van der Waals surface area contributed by atoms with Crippen LogP contribution in [0.1, 0.15) is 50.7 Å². The third-order valence-electron chi connectivity index (χ3n) is 5.67. The number of hydrogen-bond acceptors (Lipinski definition) is 0. The number of benzene rings is 2. The first-order valence-electron chi connectivity index (χ1n) is 9.45. The van der Waals surface area contributed by atoms with E-state index in [1.54, 1.807) is 11.1 Å². The lowest BCUT2D eigenvalue weighted by molar-refractivity contribution is 0.661. The van der Waals surface area contributed by atoms with Crippen LogP contribution in [0.25, 0.3) is 23.8 Å². The minimum absolute atomic E-state index is 0.632. The highest BCUT2D eigenvalue weighted by atomic mass is 14.2. The molecule has 0 fully saturated rings. The largest absolute Gasteiger partial charge is 0.0763 e. The van der Waals surface area contributed by atoms with Crippen molar-refractivity contribution in [1.29, 1.82) is 0 Å². The maximum absolute atomic E-state index is 2.48. The van der Waals surface area contributed by atoms with Crippen molar-refractivity contribution in [2.75, 3.05) is 0 Å². The topological polar surface area (TPSA) is 0 Å². The van der Waals surface area contributed by atoms with Crippen LogP contribution in [0.4, 0.5) is 0 Å². The second-order valence-corrected chi connectivity index (χ2v) is 6.99. The van der Waals surface area contributed by atoms with Crippen LogP contribution in [0.2, 0.25) is 0 Å². The van der Waals surface area contributed by atoms with Gasteiger partial charge in [0.1, 0.15) is 0 Å². The first-order valence-corrected chi connectivity index (χ1v) is 9.45. The molecule has 2 aliphatic rings. The van der Waals surface area contributed by atoms with E-state index in [4.69, 9.17) is 0 Å². The fourth-order valence-electron chi connectivity index (χ4n) is 4.39. The number of hydrogen-bond donors (Lipinski definition) is 0. The van der Waals surface area contributed by atoms with Gasteiger partial charge in [0.2, 0.25) is 0 Å². The maximum atomic E-state index is 2.48. The van der Waals surface area contributed by atoms with Gasteiger partial charge < -0.3 is 0 Å². The molecule has 0 nitrogen and oxygen atoms in total. The van der Waals surface area contributed by atoms with Gasteiger partial charge in [0.15, 0.2) is 0 Å². The highest BCUT2D eigenvalue weighted by Crippen LogP contribution is 2.28. The SMILES string of the molecule is CCc1ccc2c(c1C1=c3ccccc3=CC[C@H]1CC)=CCCC=2. The molecule has 0 spiro atoms. The van der Waals surface area contributed by atoms with Gasteiger partial charge >= 0.3 is 0 Å². The van der Waals surface area contributed by atoms with E-state index < -0.39 is 0 Å². The Morgan fingerprint density at radius 2 is 1.71 bits per heavy atom. The first-order chi connectivity index (χ1) is 11.8. The molecule has 0 saturated carbocycles. The molecule has 0 radical (unpaired) electrons. The molecule has 2 aromatic carbocycles. The van der Waals surface area contributed by atoms with Crippen LogP contribution in [0.5, 0.6) is 0 Å². The molecule has 0 unspecified atom stereocenters. The Labute approximate surface area is 144 Å². The van der Waals surface area contributed by atoms with E-state index in [2.05, 4.69) is 68.5 Å². The van der Waals surface area contributed by atoms with E-state index in [0.29, 0.717) is 5.92 Å². The van der Waals surface area contributed by atoms with Gasteiger partial charge in [-0.15, -0.1) is 0 Å². The average Bonchev–Trinajstić information content (AvgIpc) is 2.66. The molecule has 0 N–H and O–H groups in total. The van der Waals surface area contributed by atoms with Gasteiger partial charge in [0, 0.05) is 0 Å². The smallest absolute Gasteiger partial charge is 0.0108 e. The summed E-state index contributed by atoms with van der Waals surface area (Å²) < 4.78 is 0. The Hall–Kier alpha value is -2.08. The van der Waals surface area contributed by atoms with Crippen molar-refractivity contribution < 1.29 is 0 Å². The summed E-state index contributed by atoms with van der Waals surface area (Å²) in [6, 6.07) is 13.7. The summed E-state index contributed by atoms with van der Waals surface area (Å²) in [5.41, 5.74) is 4.64. The van der Waals surface area contributed by atoms with E-state index in [1.165, 1.54) is 52.1 Å². The summed E-state index contributed by atoms with van der Waals surface area (Å²) in [5, 5.41) is 5.79. The number of rotatable bonds is 3. The van der Waals surface area contributed by atoms with Gasteiger partial charge in [0.25, 0.3) is 0 Å². The Morgan fingerprint density at radius 3 is 2.54 bits per heavy atom. The molecule has 0 saturated heterocycles. The zero-order valence-electron chi connectivity index (χ0n) is 14.8. The van der Waals surface area contributed by atoms with Crippen molar-refractivity contribution in [2.24, 2.45) is 5.92 Å². The van der Waals surface area contributed by atoms with Crippen LogP contribution >= 0.6 is 0 Å². The van der Waals surface area contributed by atoms with Gasteiger partial charge in [-0.05, 0) is 75.6 Å². The van der Waals surface area contributed by atoms with E-state index in [0.717, 1.165) is 6.42 Å². The van der Waals surface area contributed by atoms with Gasteiger partial charge in [-0.2, -0.15) is 0 Å². The summed E-state index contributed by atoms with van der Waals surface area (Å²) >= 11 is 0. The standard InChI is InChI=1S/C24H26/c1-3-17-13-15-19-9-5-7-11-21(19)23(17)24-18(4-2)14-16-20-10-6-8-12-22(20)24/h5,7,9-12,14-17H,3-4,6,8,13H2,1-2H3/t17-/m1/s1. The van der Waals surface area contributed by atoms with E-state index in [9.17, 15) is 0 Å².